The highest BCUT2D eigenvalue weighted by molar-refractivity contribution is 5.88. The van der Waals surface area contributed by atoms with E-state index >= 15 is 0 Å². The van der Waals surface area contributed by atoms with Crippen molar-refractivity contribution < 1.29 is 14.6 Å². The van der Waals surface area contributed by atoms with Gasteiger partial charge in [0.1, 0.15) is 5.78 Å². The molecule has 3 saturated carbocycles. The van der Waals surface area contributed by atoms with Crippen LogP contribution in [0.3, 0.4) is 0 Å². The van der Waals surface area contributed by atoms with Crippen molar-refractivity contribution in [3.05, 3.63) is 0 Å². The second-order valence-electron chi connectivity index (χ2n) is 12.4. The van der Waals surface area contributed by atoms with Crippen LogP contribution in [0.25, 0.3) is 0 Å². The second kappa shape index (κ2) is 10.5. The van der Waals surface area contributed by atoms with Gasteiger partial charge in [0.25, 0.3) is 0 Å². The molecular weight excluding hydrogens is 396 g/mol. The molecule has 0 heterocycles. The molecule has 3 aliphatic carbocycles. The van der Waals surface area contributed by atoms with Crippen molar-refractivity contribution in [3.8, 4) is 0 Å². The minimum absolute atomic E-state index is 0.00784. The number of aliphatic hydroxyl groups is 1. The van der Waals surface area contributed by atoms with Crippen molar-refractivity contribution >= 4 is 5.78 Å². The van der Waals surface area contributed by atoms with E-state index in [4.69, 9.17) is 4.74 Å². The van der Waals surface area contributed by atoms with Crippen LogP contribution in [-0.2, 0) is 9.53 Å². The highest BCUT2D eigenvalue weighted by Gasteiger charge is 2.66. The third-order valence-corrected chi connectivity index (χ3v) is 10.8. The maximum atomic E-state index is 14.1. The molecule has 3 aliphatic rings. The minimum atomic E-state index is -0.608. The summed E-state index contributed by atoms with van der Waals surface area (Å²) in [6, 6.07) is 0. The van der Waals surface area contributed by atoms with Crippen LogP contribution in [0.4, 0.5) is 0 Å². The number of hydrogen-bond acceptors (Lipinski definition) is 3. The van der Waals surface area contributed by atoms with Crippen LogP contribution in [-0.4, -0.2) is 30.2 Å². The first kappa shape index (κ1) is 26.2. The lowest BCUT2D eigenvalue weighted by atomic mass is 9.44. The lowest BCUT2D eigenvalue weighted by Crippen LogP contribution is -2.61. The predicted molar refractivity (Wildman–Crippen MR) is 133 cm³/mol. The van der Waals surface area contributed by atoms with Crippen molar-refractivity contribution in [2.75, 3.05) is 7.11 Å². The summed E-state index contributed by atoms with van der Waals surface area (Å²) in [5.74, 6) is 1.28. The zero-order valence-electron chi connectivity index (χ0n) is 22.0. The molecule has 0 aliphatic heterocycles. The number of Topliss-reactive ketones (excluding diaryl/α,β-unsaturated/α-hetero) is 1. The smallest absolute Gasteiger partial charge is 0.144 e. The Morgan fingerprint density at radius 3 is 2.19 bits per heavy atom. The Morgan fingerprint density at radius 1 is 0.969 bits per heavy atom. The van der Waals surface area contributed by atoms with Crippen molar-refractivity contribution in [3.63, 3.8) is 0 Å². The van der Waals surface area contributed by atoms with Crippen LogP contribution in [0.15, 0.2) is 0 Å². The van der Waals surface area contributed by atoms with Crippen LogP contribution in [0.1, 0.15) is 125 Å². The van der Waals surface area contributed by atoms with E-state index in [9.17, 15) is 9.90 Å². The SMILES string of the molecule is CCCCCCCCCC[C@]1(C)C(=O)[C@H](C)[C@@]23CC[C@@H](C)[C@@](C)(C[C@@H]1O)[C@@H]2[C@H](OC)CC3. The molecule has 1 N–H and O–H groups in total. The molecule has 3 rings (SSSR count). The fourth-order valence-corrected chi connectivity index (χ4v) is 8.35. The lowest BCUT2D eigenvalue weighted by molar-refractivity contribution is -0.179. The Morgan fingerprint density at radius 2 is 1.56 bits per heavy atom. The van der Waals surface area contributed by atoms with Crippen LogP contribution < -0.4 is 0 Å². The number of rotatable bonds is 10. The molecule has 0 spiro atoms. The van der Waals surface area contributed by atoms with Gasteiger partial charge in [-0.3, -0.25) is 4.79 Å². The van der Waals surface area contributed by atoms with E-state index in [1.165, 1.54) is 51.4 Å². The number of hydrogen-bond donors (Lipinski definition) is 1. The zero-order valence-corrected chi connectivity index (χ0v) is 22.0. The van der Waals surface area contributed by atoms with Gasteiger partial charge in [0.2, 0.25) is 0 Å². The summed E-state index contributed by atoms with van der Waals surface area (Å²) in [7, 11) is 1.85. The van der Waals surface area contributed by atoms with Gasteiger partial charge in [-0.1, -0.05) is 86.0 Å². The summed E-state index contributed by atoms with van der Waals surface area (Å²) < 4.78 is 6.03. The van der Waals surface area contributed by atoms with Gasteiger partial charge in [-0.2, -0.15) is 0 Å². The minimum Gasteiger partial charge on any atom is -0.392 e. The van der Waals surface area contributed by atoms with E-state index in [0.717, 1.165) is 38.5 Å². The molecule has 2 bridgehead atoms. The summed E-state index contributed by atoms with van der Waals surface area (Å²) >= 11 is 0. The summed E-state index contributed by atoms with van der Waals surface area (Å²) in [5, 5.41) is 11.6. The quantitative estimate of drug-likeness (QED) is 0.356. The molecule has 0 aromatic heterocycles. The maximum absolute atomic E-state index is 14.1. The largest absolute Gasteiger partial charge is 0.392 e. The van der Waals surface area contributed by atoms with Crippen LogP contribution in [0.5, 0.6) is 0 Å². The van der Waals surface area contributed by atoms with E-state index < -0.39 is 11.5 Å². The first-order valence-corrected chi connectivity index (χ1v) is 13.9. The van der Waals surface area contributed by atoms with Gasteiger partial charge in [-0.15, -0.1) is 0 Å². The van der Waals surface area contributed by atoms with Gasteiger partial charge in [-0.05, 0) is 61.2 Å². The molecule has 0 amide bonds. The third kappa shape index (κ3) is 4.47. The number of methoxy groups -OCH3 is 1. The molecule has 8 atom stereocenters. The van der Waals surface area contributed by atoms with Crippen LogP contribution >= 0.6 is 0 Å². The Hall–Kier alpha value is -0.410. The van der Waals surface area contributed by atoms with Crippen molar-refractivity contribution in [1.82, 2.24) is 0 Å². The Bertz CT molecular complexity index is 632. The number of aliphatic hydroxyl groups excluding tert-OH is 1. The molecule has 32 heavy (non-hydrogen) atoms. The highest BCUT2D eigenvalue weighted by Crippen LogP contribution is 2.68. The molecule has 0 radical (unpaired) electrons. The first-order chi connectivity index (χ1) is 15.2. The summed E-state index contributed by atoms with van der Waals surface area (Å²) in [5.41, 5.74) is -0.521. The fourth-order valence-electron chi connectivity index (χ4n) is 8.35. The average molecular weight is 449 g/mol. The maximum Gasteiger partial charge on any atom is 0.144 e. The Kier molecular flexibility index (Phi) is 8.57. The molecule has 0 unspecified atom stereocenters. The average Bonchev–Trinajstić information content (AvgIpc) is 3.17. The number of ether oxygens (including phenoxy) is 1. The molecule has 186 valence electrons. The lowest BCUT2D eigenvalue weighted by Gasteiger charge is -2.61. The monoisotopic (exact) mass is 448 g/mol. The fraction of sp³-hybridized carbons (Fsp3) is 0.966. The predicted octanol–water partition coefficient (Wildman–Crippen LogP) is 7.34. The topological polar surface area (TPSA) is 46.5 Å². The molecule has 0 saturated heterocycles. The normalized spacial score (nSPS) is 44.2. The standard InChI is InChI=1S/C29H52O3/c1-7-8-9-10-11-12-13-14-17-27(4)24(30)20-28(5)21(2)15-18-29(22(3)26(27)31)19-16-23(32-6)25(28)29/h21-25,30H,7-20H2,1-6H3/t21-,22+,23-,24+,25+,27+,28-,29+/m1/s1. The van der Waals surface area contributed by atoms with E-state index in [1.807, 2.05) is 7.11 Å². The van der Waals surface area contributed by atoms with Crippen LogP contribution in [0.2, 0.25) is 0 Å². The molecule has 3 nitrogen and oxygen atoms in total. The Balaban J connectivity index is 1.76. The van der Waals surface area contributed by atoms with Crippen LogP contribution in [0, 0.1) is 34.0 Å². The van der Waals surface area contributed by atoms with Gasteiger partial charge in [0.15, 0.2) is 0 Å². The molecule has 3 fully saturated rings. The van der Waals surface area contributed by atoms with Gasteiger partial charge < -0.3 is 9.84 Å². The molecule has 0 aromatic rings. The molecular formula is C29H52O3. The van der Waals surface area contributed by atoms with E-state index in [1.54, 1.807) is 0 Å². The second-order valence-corrected chi connectivity index (χ2v) is 12.4. The van der Waals surface area contributed by atoms with Gasteiger partial charge >= 0.3 is 0 Å². The van der Waals surface area contributed by atoms with E-state index in [0.29, 0.717) is 17.6 Å². The summed E-state index contributed by atoms with van der Waals surface area (Å²) in [6.07, 6.45) is 15.9. The summed E-state index contributed by atoms with van der Waals surface area (Å²) in [4.78, 5) is 14.1. The third-order valence-electron chi connectivity index (χ3n) is 10.8. The number of ketones is 1. The van der Waals surface area contributed by atoms with Gasteiger partial charge in [0.05, 0.1) is 17.6 Å². The number of carbonyl (C=O) groups is 1. The number of carbonyl (C=O) groups excluding carboxylic acids is 1. The van der Waals surface area contributed by atoms with Gasteiger partial charge in [0, 0.05) is 13.0 Å². The van der Waals surface area contributed by atoms with E-state index in [2.05, 4.69) is 34.6 Å². The molecule has 3 heteroatoms. The number of unbranched alkanes of at least 4 members (excludes halogenated alkanes) is 7. The zero-order chi connectivity index (χ0) is 23.6. The highest BCUT2D eigenvalue weighted by atomic mass is 16.5. The first-order valence-electron chi connectivity index (χ1n) is 13.9. The van der Waals surface area contributed by atoms with Crippen molar-refractivity contribution in [2.24, 2.45) is 34.0 Å². The van der Waals surface area contributed by atoms with E-state index in [-0.39, 0.29) is 22.9 Å². The van der Waals surface area contributed by atoms with Crippen molar-refractivity contribution in [2.45, 2.75) is 137 Å². The Labute approximate surface area is 198 Å². The molecule has 0 aromatic carbocycles. The summed E-state index contributed by atoms with van der Waals surface area (Å²) in [6.45, 7) is 11.4. The van der Waals surface area contributed by atoms with Crippen molar-refractivity contribution in [1.29, 1.82) is 0 Å². The van der Waals surface area contributed by atoms with Gasteiger partial charge in [-0.25, -0.2) is 0 Å².